The van der Waals surface area contributed by atoms with Crippen LogP contribution in [-0.4, -0.2) is 55.5 Å². The maximum Gasteiger partial charge on any atom is 0.243 e. The van der Waals surface area contributed by atoms with Crippen molar-refractivity contribution < 1.29 is 18.0 Å². The first-order chi connectivity index (χ1) is 16.3. The van der Waals surface area contributed by atoms with Gasteiger partial charge in [-0.15, -0.1) is 0 Å². The van der Waals surface area contributed by atoms with Gasteiger partial charge in [0, 0.05) is 37.7 Å². The van der Waals surface area contributed by atoms with Crippen molar-refractivity contribution >= 4 is 21.7 Å². The summed E-state index contributed by atoms with van der Waals surface area (Å²) >= 11 is 0. The fourth-order valence-electron chi connectivity index (χ4n) is 5.07. The molecule has 2 fully saturated rings. The number of carbonyl (C=O) groups excluding carboxylic acids is 2. The number of ketones is 1. The van der Waals surface area contributed by atoms with E-state index in [1.165, 1.54) is 28.9 Å². The molecular formula is C27H34N2O4S. The highest BCUT2D eigenvalue weighted by molar-refractivity contribution is 7.89. The van der Waals surface area contributed by atoms with E-state index in [-0.39, 0.29) is 22.5 Å². The van der Waals surface area contributed by atoms with Crippen molar-refractivity contribution in [2.75, 3.05) is 26.2 Å². The molecule has 0 aliphatic carbocycles. The Labute approximate surface area is 203 Å². The molecule has 7 heteroatoms. The van der Waals surface area contributed by atoms with Gasteiger partial charge in [0.2, 0.25) is 15.9 Å². The zero-order valence-corrected chi connectivity index (χ0v) is 20.7. The Hall–Kier alpha value is -2.51. The van der Waals surface area contributed by atoms with Crippen LogP contribution < -0.4 is 0 Å². The monoisotopic (exact) mass is 482 g/mol. The molecule has 2 aliphatic heterocycles. The second kappa shape index (κ2) is 10.8. The average molecular weight is 483 g/mol. The molecule has 0 atom stereocenters. The minimum Gasteiger partial charge on any atom is -0.342 e. The van der Waals surface area contributed by atoms with Crippen LogP contribution in [0.15, 0.2) is 59.5 Å². The van der Waals surface area contributed by atoms with Gasteiger partial charge in [0.25, 0.3) is 0 Å². The molecule has 4 rings (SSSR count). The number of carbonyl (C=O) groups is 2. The first-order valence-corrected chi connectivity index (χ1v) is 13.7. The van der Waals surface area contributed by atoms with E-state index in [0.717, 1.165) is 38.8 Å². The number of Topliss-reactive ketones (excluding diaryl/α,β-unsaturated/α-hetero) is 1. The fraction of sp³-hybridized carbons (Fsp3) is 0.481. The average Bonchev–Trinajstić information content (AvgIpc) is 2.88. The van der Waals surface area contributed by atoms with Crippen LogP contribution in [0.4, 0.5) is 0 Å². The predicted molar refractivity (Wildman–Crippen MR) is 132 cm³/mol. The maximum absolute atomic E-state index is 13.1. The van der Waals surface area contributed by atoms with Gasteiger partial charge in [-0.25, -0.2) is 8.42 Å². The zero-order chi connectivity index (χ0) is 24.1. The molecule has 2 aromatic rings. The molecule has 0 unspecified atom stereocenters. The number of sulfonamides is 1. The largest absolute Gasteiger partial charge is 0.342 e. The first kappa shape index (κ1) is 24.6. The maximum atomic E-state index is 13.1. The highest BCUT2D eigenvalue weighted by atomic mass is 32.2. The molecule has 0 radical (unpaired) electrons. The number of likely N-dealkylation sites (tertiary alicyclic amines) is 1. The van der Waals surface area contributed by atoms with Gasteiger partial charge in [-0.3, -0.25) is 9.59 Å². The molecule has 0 saturated carbocycles. The van der Waals surface area contributed by atoms with Crippen molar-refractivity contribution in [3.8, 4) is 0 Å². The molecule has 0 bridgehead atoms. The van der Waals surface area contributed by atoms with Crippen LogP contribution >= 0.6 is 0 Å². The number of aryl methyl sites for hydroxylation is 1. The number of hydrogen-bond donors (Lipinski definition) is 0. The Kier molecular flexibility index (Phi) is 7.84. The lowest BCUT2D eigenvalue weighted by molar-refractivity contribution is -0.138. The molecule has 182 valence electrons. The second-order valence-corrected chi connectivity index (χ2v) is 11.5. The van der Waals surface area contributed by atoms with Gasteiger partial charge >= 0.3 is 0 Å². The van der Waals surface area contributed by atoms with Crippen LogP contribution in [0.3, 0.4) is 0 Å². The lowest BCUT2D eigenvalue weighted by Crippen LogP contribution is -2.46. The van der Waals surface area contributed by atoms with Gasteiger partial charge in [-0.2, -0.15) is 4.31 Å². The highest BCUT2D eigenvalue weighted by Gasteiger charge is 2.34. The lowest BCUT2D eigenvalue weighted by atomic mass is 9.89. The zero-order valence-electron chi connectivity index (χ0n) is 19.9. The summed E-state index contributed by atoms with van der Waals surface area (Å²) in [5, 5.41) is 0. The Morgan fingerprint density at radius 3 is 2.06 bits per heavy atom. The van der Waals surface area contributed by atoms with E-state index in [2.05, 4.69) is 24.3 Å². The van der Waals surface area contributed by atoms with Gasteiger partial charge in [0.05, 0.1) is 4.90 Å². The van der Waals surface area contributed by atoms with E-state index < -0.39 is 10.0 Å². The van der Waals surface area contributed by atoms with Gasteiger partial charge in [-0.1, -0.05) is 42.5 Å². The molecule has 0 N–H and O–H groups in total. The van der Waals surface area contributed by atoms with Crippen molar-refractivity contribution in [2.24, 2.45) is 11.8 Å². The lowest BCUT2D eigenvalue weighted by Gasteiger charge is -2.37. The van der Waals surface area contributed by atoms with Gasteiger partial charge in [0.1, 0.15) is 0 Å². The van der Waals surface area contributed by atoms with Gasteiger partial charge in [0.15, 0.2) is 5.78 Å². The number of hydrogen-bond acceptors (Lipinski definition) is 4. The van der Waals surface area contributed by atoms with Crippen LogP contribution in [0, 0.1) is 11.8 Å². The number of rotatable bonds is 7. The Morgan fingerprint density at radius 2 is 1.47 bits per heavy atom. The Bertz CT molecular complexity index is 1080. The molecule has 1 amide bonds. The number of piperidine rings is 2. The first-order valence-electron chi connectivity index (χ1n) is 12.3. The fourth-order valence-corrected chi connectivity index (χ4v) is 6.54. The van der Waals surface area contributed by atoms with Crippen LogP contribution in [0.25, 0.3) is 0 Å². The van der Waals surface area contributed by atoms with Crippen LogP contribution in [0.1, 0.15) is 54.9 Å². The van der Waals surface area contributed by atoms with Gasteiger partial charge in [-0.05, 0) is 69.1 Å². The van der Waals surface area contributed by atoms with Gasteiger partial charge < -0.3 is 4.90 Å². The summed E-state index contributed by atoms with van der Waals surface area (Å²) in [6.45, 7) is 3.76. The van der Waals surface area contributed by atoms with Crippen molar-refractivity contribution in [1.29, 1.82) is 0 Å². The molecule has 0 spiro atoms. The van der Waals surface area contributed by atoms with E-state index >= 15 is 0 Å². The summed E-state index contributed by atoms with van der Waals surface area (Å²) in [5.41, 5.74) is 1.87. The SMILES string of the molecule is CC(=O)c1ccc(S(=O)(=O)N2CCC(C(=O)N3CCC(CCc4ccccc4)CC3)CC2)cc1. The molecule has 2 saturated heterocycles. The standard InChI is InChI=1S/C27H34N2O4S/c1-21(30)24-9-11-26(12-10-24)34(32,33)29-19-15-25(16-20-29)27(31)28-17-13-23(14-18-28)8-7-22-5-3-2-4-6-22/h2-6,9-12,23,25H,7-8,13-20H2,1H3. The normalized spacial score (nSPS) is 18.7. The summed E-state index contributed by atoms with van der Waals surface area (Å²) in [6.07, 6.45) is 5.44. The van der Waals surface area contributed by atoms with Crippen molar-refractivity contribution in [3.63, 3.8) is 0 Å². The number of amides is 1. The minimum atomic E-state index is -3.62. The van der Waals surface area contributed by atoms with E-state index in [1.807, 2.05) is 11.0 Å². The summed E-state index contributed by atoms with van der Waals surface area (Å²) < 4.78 is 27.5. The molecule has 2 aromatic carbocycles. The summed E-state index contributed by atoms with van der Waals surface area (Å²) in [6, 6.07) is 16.6. The van der Waals surface area contributed by atoms with Crippen molar-refractivity contribution in [1.82, 2.24) is 9.21 Å². The minimum absolute atomic E-state index is 0.0940. The van der Waals surface area contributed by atoms with E-state index in [1.54, 1.807) is 12.1 Å². The highest BCUT2D eigenvalue weighted by Crippen LogP contribution is 2.28. The van der Waals surface area contributed by atoms with Crippen LogP contribution in [-0.2, 0) is 21.2 Å². The van der Waals surface area contributed by atoms with E-state index in [9.17, 15) is 18.0 Å². The second-order valence-electron chi connectivity index (χ2n) is 9.55. The Balaban J connectivity index is 1.24. The van der Waals surface area contributed by atoms with Crippen LogP contribution in [0.5, 0.6) is 0 Å². The third kappa shape index (κ3) is 5.76. The summed E-state index contributed by atoms with van der Waals surface area (Å²) in [4.78, 5) is 26.7. The number of nitrogens with zero attached hydrogens (tertiary/aromatic N) is 2. The van der Waals surface area contributed by atoms with E-state index in [4.69, 9.17) is 0 Å². The van der Waals surface area contributed by atoms with E-state index in [0.29, 0.717) is 37.4 Å². The molecule has 2 aliphatic rings. The summed E-state index contributed by atoms with van der Waals surface area (Å²) in [5.74, 6) is 0.644. The van der Waals surface area contributed by atoms with Crippen molar-refractivity contribution in [2.45, 2.75) is 50.3 Å². The quantitative estimate of drug-likeness (QED) is 0.556. The smallest absolute Gasteiger partial charge is 0.243 e. The molecule has 2 heterocycles. The van der Waals surface area contributed by atoms with Crippen LogP contribution in [0.2, 0.25) is 0 Å². The molecule has 34 heavy (non-hydrogen) atoms. The van der Waals surface area contributed by atoms with Crippen molar-refractivity contribution in [3.05, 3.63) is 65.7 Å². The third-order valence-corrected chi connectivity index (χ3v) is 9.22. The molecule has 0 aromatic heterocycles. The third-order valence-electron chi connectivity index (χ3n) is 7.31. The number of benzene rings is 2. The topological polar surface area (TPSA) is 74.8 Å². The predicted octanol–water partition coefficient (Wildman–Crippen LogP) is 4.16. The Morgan fingerprint density at radius 1 is 0.853 bits per heavy atom. The molecular weight excluding hydrogens is 448 g/mol. The molecule has 6 nitrogen and oxygen atoms in total. The summed E-state index contributed by atoms with van der Waals surface area (Å²) in [7, 11) is -3.62.